The minimum Gasteiger partial charge on any atom is -0.493 e. The molecule has 11 heteroatoms. The molecule has 2 aromatic heterocycles. The first-order valence-electron chi connectivity index (χ1n) is 13.1. The molecule has 2 aromatic carbocycles. The Morgan fingerprint density at radius 1 is 1.03 bits per heavy atom. The van der Waals surface area contributed by atoms with Gasteiger partial charge in [-0.25, -0.2) is 9.07 Å². The third-order valence-corrected chi connectivity index (χ3v) is 7.72. The normalized spacial score (nSPS) is 15.5. The highest BCUT2D eigenvalue weighted by Crippen LogP contribution is 2.35. The van der Waals surface area contributed by atoms with Crippen LogP contribution in [0.25, 0.3) is 10.9 Å². The number of H-pyrrole nitrogens is 1. The molecular formula is C28H34FN7O3. The smallest absolute Gasteiger partial charge is 0.253 e. The summed E-state index contributed by atoms with van der Waals surface area (Å²) in [5.74, 6) is 1.47. The van der Waals surface area contributed by atoms with Crippen molar-refractivity contribution >= 4 is 16.6 Å². The van der Waals surface area contributed by atoms with Gasteiger partial charge in [0.25, 0.3) is 5.56 Å². The van der Waals surface area contributed by atoms with Crippen LogP contribution in [0, 0.1) is 5.82 Å². The molecule has 0 aliphatic carbocycles. The summed E-state index contributed by atoms with van der Waals surface area (Å²) in [7, 11) is 3.15. The number of benzene rings is 2. The Balaban J connectivity index is 1.58. The molecule has 1 N–H and O–H groups in total. The zero-order valence-electron chi connectivity index (χ0n) is 22.9. The quantitative estimate of drug-likeness (QED) is 0.364. The summed E-state index contributed by atoms with van der Waals surface area (Å²) in [5.41, 5.74) is 1.59. The number of hydrogen-bond acceptors (Lipinski definition) is 8. The summed E-state index contributed by atoms with van der Waals surface area (Å²) >= 11 is 0. The predicted molar refractivity (Wildman–Crippen MR) is 147 cm³/mol. The lowest BCUT2D eigenvalue weighted by Crippen LogP contribution is -2.49. The summed E-state index contributed by atoms with van der Waals surface area (Å²) in [6, 6.07) is 11.6. The zero-order chi connectivity index (χ0) is 27.7. The molecule has 206 valence electrons. The Morgan fingerprint density at radius 2 is 1.69 bits per heavy atom. The van der Waals surface area contributed by atoms with Crippen LogP contribution in [0.1, 0.15) is 44.6 Å². The van der Waals surface area contributed by atoms with Gasteiger partial charge in [-0.15, -0.1) is 5.10 Å². The molecule has 1 unspecified atom stereocenters. The van der Waals surface area contributed by atoms with Crippen molar-refractivity contribution in [2.45, 2.75) is 38.8 Å². The van der Waals surface area contributed by atoms with Gasteiger partial charge in [-0.3, -0.25) is 9.69 Å². The number of ether oxygens (including phenoxy) is 2. The fourth-order valence-electron chi connectivity index (χ4n) is 5.09. The average Bonchev–Trinajstić information content (AvgIpc) is 3.44. The Morgan fingerprint density at radius 3 is 2.33 bits per heavy atom. The predicted octanol–water partition coefficient (Wildman–Crippen LogP) is 3.73. The summed E-state index contributed by atoms with van der Waals surface area (Å²) in [4.78, 5) is 21.1. The molecule has 0 saturated carbocycles. The highest BCUT2D eigenvalue weighted by molar-refractivity contribution is 5.83. The van der Waals surface area contributed by atoms with Crippen molar-refractivity contribution in [1.82, 2.24) is 30.1 Å². The molecule has 5 rings (SSSR count). The van der Waals surface area contributed by atoms with Gasteiger partial charge in [-0.2, -0.15) is 0 Å². The molecule has 1 aliphatic rings. The molecule has 0 spiro atoms. The highest BCUT2D eigenvalue weighted by atomic mass is 19.1. The van der Waals surface area contributed by atoms with Crippen molar-refractivity contribution in [2.24, 2.45) is 0 Å². The van der Waals surface area contributed by atoms with E-state index in [4.69, 9.17) is 9.47 Å². The first-order chi connectivity index (χ1) is 18.7. The molecule has 39 heavy (non-hydrogen) atoms. The Kier molecular flexibility index (Phi) is 7.26. The number of aromatic amines is 1. The van der Waals surface area contributed by atoms with Crippen LogP contribution in [0.4, 0.5) is 10.1 Å². The van der Waals surface area contributed by atoms with Crippen LogP contribution in [-0.2, 0) is 5.54 Å². The van der Waals surface area contributed by atoms with E-state index in [0.29, 0.717) is 54.6 Å². The molecule has 1 fully saturated rings. The molecular weight excluding hydrogens is 501 g/mol. The number of hydrogen-bond donors (Lipinski definition) is 1. The number of halogens is 1. The lowest BCUT2D eigenvalue weighted by atomic mass is 9.98. The third-order valence-electron chi connectivity index (χ3n) is 7.72. The van der Waals surface area contributed by atoms with Gasteiger partial charge in [0.1, 0.15) is 11.9 Å². The van der Waals surface area contributed by atoms with Crippen LogP contribution in [0.15, 0.2) is 47.3 Å². The number of pyridine rings is 1. The second-order valence-corrected chi connectivity index (χ2v) is 10.4. The maximum atomic E-state index is 13.6. The van der Waals surface area contributed by atoms with Crippen molar-refractivity contribution in [3.63, 3.8) is 0 Å². The van der Waals surface area contributed by atoms with E-state index < -0.39 is 6.04 Å². The number of aromatic nitrogens is 5. The molecule has 10 nitrogen and oxygen atoms in total. The van der Waals surface area contributed by atoms with Gasteiger partial charge < -0.3 is 19.4 Å². The molecule has 1 aliphatic heterocycles. The number of nitrogens with one attached hydrogen (secondary N) is 1. The minimum atomic E-state index is -0.484. The van der Waals surface area contributed by atoms with Crippen LogP contribution >= 0.6 is 0 Å². The number of tetrazole rings is 1. The number of fused-ring (bicyclic) bond motifs is 1. The van der Waals surface area contributed by atoms with Gasteiger partial charge >= 0.3 is 0 Å². The Hall–Kier alpha value is -3.99. The minimum absolute atomic E-state index is 0.218. The van der Waals surface area contributed by atoms with E-state index in [-0.39, 0.29) is 16.9 Å². The van der Waals surface area contributed by atoms with Crippen molar-refractivity contribution in [1.29, 1.82) is 0 Å². The summed E-state index contributed by atoms with van der Waals surface area (Å²) in [6.45, 7) is 8.98. The summed E-state index contributed by atoms with van der Waals surface area (Å²) in [5, 5.41) is 13.6. The fourth-order valence-corrected chi connectivity index (χ4v) is 5.09. The topological polar surface area (TPSA) is 101 Å². The van der Waals surface area contributed by atoms with E-state index >= 15 is 0 Å². The SMILES string of the molecule is CCC(C)(C)n1nnnc1C(c1cc2cc(OC)c(OC)cc2[nH]c1=O)N1CCN(c2ccc(F)cc2)CC1. The first kappa shape index (κ1) is 26.6. The second kappa shape index (κ2) is 10.6. The van der Waals surface area contributed by atoms with Crippen molar-refractivity contribution in [3.8, 4) is 11.5 Å². The van der Waals surface area contributed by atoms with Crippen LogP contribution in [-0.4, -0.2) is 70.5 Å². The second-order valence-electron chi connectivity index (χ2n) is 10.4. The Bertz CT molecular complexity index is 1510. The van der Waals surface area contributed by atoms with Crippen LogP contribution in [0.5, 0.6) is 11.5 Å². The molecule has 3 heterocycles. The number of anilines is 1. The first-order valence-corrected chi connectivity index (χ1v) is 13.1. The standard InChI is InChI=1S/C28H34FN7O3/c1-6-28(2,3)36-26(31-32-33-36)25(35-13-11-34(12-14-35)20-9-7-19(29)8-10-20)21-15-18-16-23(38-4)24(39-5)17-22(18)30-27(21)37/h7-10,15-17,25H,6,11-14H2,1-5H3,(H,30,37). The van der Waals surface area contributed by atoms with E-state index in [1.54, 1.807) is 32.4 Å². The van der Waals surface area contributed by atoms with Gasteiger partial charge in [0.05, 0.1) is 25.3 Å². The third kappa shape index (κ3) is 5.06. The average molecular weight is 536 g/mol. The number of rotatable bonds is 8. The van der Waals surface area contributed by atoms with E-state index in [9.17, 15) is 9.18 Å². The number of piperazine rings is 1. The van der Waals surface area contributed by atoms with Crippen molar-refractivity contribution in [2.75, 3.05) is 45.3 Å². The Labute approximate surface area is 226 Å². The van der Waals surface area contributed by atoms with E-state index in [0.717, 1.165) is 17.5 Å². The lowest BCUT2D eigenvalue weighted by Gasteiger charge is -2.40. The molecule has 0 amide bonds. The molecule has 1 saturated heterocycles. The van der Waals surface area contributed by atoms with E-state index in [1.165, 1.54) is 12.1 Å². The molecule has 0 bridgehead atoms. The lowest BCUT2D eigenvalue weighted by molar-refractivity contribution is 0.186. The monoisotopic (exact) mass is 535 g/mol. The van der Waals surface area contributed by atoms with Crippen molar-refractivity contribution in [3.05, 3.63) is 70.0 Å². The van der Waals surface area contributed by atoms with Gasteiger partial charge in [0.15, 0.2) is 17.3 Å². The van der Waals surface area contributed by atoms with E-state index in [2.05, 4.69) is 51.1 Å². The maximum Gasteiger partial charge on any atom is 0.253 e. The zero-order valence-corrected chi connectivity index (χ0v) is 22.9. The number of nitrogens with zero attached hydrogens (tertiary/aromatic N) is 6. The summed E-state index contributed by atoms with van der Waals surface area (Å²) < 4.78 is 26.2. The van der Waals surface area contributed by atoms with Crippen LogP contribution < -0.4 is 19.9 Å². The molecule has 4 aromatic rings. The van der Waals surface area contributed by atoms with Gasteiger partial charge in [-0.1, -0.05) is 6.92 Å². The molecule has 0 radical (unpaired) electrons. The van der Waals surface area contributed by atoms with Crippen molar-refractivity contribution < 1.29 is 13.9 Å². The van der Waals surface area contributed by atoms with Gasteiger partial charge in [-0.05, 0) is 67.1 Å². The van der Waals surface area contributed by atoms with Gasteiger partial charge in [0, 0.05) is 48.9 Å². The van der Waals surface area contributed by atoms with E-state index in [1.807, 2.05) is 16.8 Å². The van der Waals surface area contributed by atoms with Gasteiger partial charge in [0.2, 0.25) is 0 Å². The number of methoxy groups -OCH3 is 2. The van der Waals surface area contributed by atoms with Crippen LogP contribution in [0.2, 0.25) is 0 Å². The largest absolute Gasteiger partial charge is 0.493 e. The van der Waals surface area contributed by atoms with Crippen LogP contribution in [0.3, 0.4) is 0 Å². The summed E-state index contributed by atoms with van der Waals surface area (Å²) in [6.07, 6.45) is 0.807. The highest BCUT2D eigenvalue weighted by Gasteiger charge is 2.35. The maximum absolute atomic E-state index is 13.6. The fraction of sp³-hybridized carbons (Fsp3) is 0.429. The molecule has 1 atom stereocenters.